The second kappa shape index (κ2) is 8.12. The number of carbonyl (C=O) groups excluding carboxylic acids is 1. The van der Waals surface area contributed by atoms with Crippen LogP contribution in [0.25, 0.3) is 0 Å². The molecule has 132 valence electrons. The number of rotatable bonds is 6. The molecule has 2 N–H and O–H groups in total. The smallest absolute Gasteiger partial charge is 0.407 e. The molecular formula is C20H23FN2O2. The molecule has 1 aliphatic rings. The van der Waals surface area contributed by atoms with E-state index in [1.165, 1.54) is 12.1 Å². The van der Waals surface area contributed by atoms with Crippen molar-refractivity contribution in [3.05, 3.63) is 71.5 Å². The van der Waals surface area contributed by atoms with E-state index in [2.05, 4.69) is 17.6 Å². The van der Waals surface area contributed by atoms with Crippen LogP contribution in [0, 0.1) is 5.82 Å². The van der Waals surface area contributed by atoms with E-state index >= 15 is 0 Å². The van der Waals surface area contributed by atoms with Crippen molar-refractivity contribution in [2.75, 3.05) is 0 Å². The number of nitrogens with one attached hydrogen (secondary N) is 2. The van der Waals surface area contributed by atoms with Crippen molar-refractivity contribution >= 4 is 6.09 Å². The highest BCUT2D eigenvalue weighted by Gasteiger charge is 2.31. The third kappa shape index (κ3) is 5.03. The molecular weight excluding hydrogens is 319 g/mol. The van der Waals surface area contributed by atoms with E-state index in [0.29, 0.717) is 6.04 Å². The van der Waals surface area contributed by atoms with Crippen molar-refractivity contribution in [3.8, 4) is 0 Å². The molecule has 25 heavy (non-hydrogen) atoms. The summed E-state index contributed by atoms with van der Waals surface area (Å²) in [6.07, 6.45) is 1.36. The van der Waals surface area contributed by atoms with Crippen molar-refractivity contribution in [2.24, 2.45) is 0 Å². The van der Waals surface area contributed by atoms with Gasteiger partial charge in [0.2, 0.25) is 0 Å². The summed E-state index contributed by atoms with van der Waals surface area (Å²) in [6, 6.07) is 16.8. The summed E-state index contributed by atoms with van der Waals surface area (Å²) >= 11 is 0. The second-order valence-corrected chi connectivity index (χ2v) is 6.51. The van der Waals surface area contributed by atoms with Gasteiger partial charge in [-0.2, -0.15) is 0 Å². The van der Waals surface area contributed by atoms with Gasteiger partial charge in [-0.1, -0.05) is 42.5 Å². The highest BCUT2D eigenvalue weighted by molar-refractivity contribution is 5.67. The van der Waals surface area contributed by atoms with Crippen molar-refractivity contribution in [3.63, 3.8) is 0 Å². The Labute approximate surface area is 147 Å². The Morgan fingerprint density at radius 2 is 1.80 bits per heavy atom. The Balaban J connectivity index is 1.35. The van der Waals surface area contributed by atoms with Crippen LogP contribution in [0.15, 0.2) is 54.6 Å². The molecule has 3 rings (SSSR count). The van der Waals surface area contributed by atoms with Crippen molar-refractivity contribution in [2.45, 2.75) is 44.5 Å². The summed E-state index contributed by atoms with van der Waals surface area (Å²) in [5, 5.41) is 6.38. The molecule has 0 aromatic heterocycles. The molecule has 1 saturated carbocycles. The average molecular weight is 342 g/mol. The molecule has 0 saturated heterocycles. The minimum absolute atomic E-state index is 0.140. The van der Waals surface area contributed by atoms with Gasteiger partial charge in [-0.15, -0.1) is 0 Å². The summed E-state index contributed by atoms with van der Waals surface area (Å²) in [4.78, 5) is 11.8. The van der Waals surface area contributed by atoms with E-state index in [-0.39, 0.29) is 30.6 Å². The summed E-state index contributed by atoms with van der Waals surface area (Å²) in [5.41, 5.74) is 2.03. The fourth-order valence-electron chi connectivity index (χ4n) is 3.00. The zero-order valence-corrected chi connectivity index (χ0v) is 14.2. The van der Waals surface area contributed by atoms with E-state index in [1.807, 2.05) is 30.3 Å². The summed E-state index contributed by atoms with van der Waals surface area (Å²) in [7, 11) is 0. The van der Waals surface area contributed by atoms with Crippen LogP contribution in [-0.2, 0) is 11.3 Å². The Morgan fingerprint density at radius 1 is 1.12 bits per heavy atom. The largest absolute Gasteiger partial charge is 0.445 e. The fraction of sp³-hybridized carbons (Fsp3) is 0.350. The van der Waals surface area contributed by atoms with Gasteiger partial charge in [0.25, 0.3) is 0 Å². The molecule has 1 fully saturated rings. The summed E-state index contributed by atoms with van der Waals surface area (Å²) in [6.45, 7) is 2.34. The standard InChI is InChI=1S/C20H23FN2O2/c1-14(16-7-9-17(21)10-8-16)22-18-11-19(12-18)23-20(24)25-13-15-5-3-2-4-6-15/h2-10,14,18-19,22H,11-13H2,1H3,(H,23,24). The number of hydrogen-bond donors (Lipinski definition) is 2. The molecule has 1 atom stereocenters. The number of carbonyl (C=O) groups is 1. The minimum Gasteiger partial charge on any atom is -0.445 e. The Morgan fingerprint density at radius 3 is 2.48 bits per heavy atom. The molecule has 5 heteroatoms. The number of amides is 1. The number of benzene rings is 2. The van der Waals surface area contributed by atoms with Crippen molar-refractivity contribution < 1.29 is 13.9 Å². The summed E-state index contributed by atoms with van der Waals surface area (Å²) < 4.78 is 18.2. The summed E-state index contributed by atoms with van der Waals surface area (Å²) in [5.74, 6) is -0.224. The highest BCUT2D eigenvalue weighted by atomic mass is 19.1. The van der Waals surface area contributed by atoms with E-state index in [9.17, 15) is 9.18 Å². The highest BCUT2D eigenvalue weighted by Crippen LogP contribution is 2.24. The van der Waals surface area contributed by atoms with E-state index in [1.54, 1.807) is 12.1 Å². The van der Waals surface area contributed by atoms with Gasteiger partial charge in [-0.3, -0.25) is 0 Å². The normalized spacial score (nSPS) is 20.4. The first-order valence-corrected chi connectivity index (χ1v) is 8.59. The van der Waals surface area contributed by atoms with Gasteiger partial charge in [0.15, 0.2) is 0 Å². The van der Waals surface area contributed by atoms with E-state index < -0.39 is 0 Å². The molecule has 1 aliphatic carbocycles. The third-order valence-corrected chi connectivity index (χ3v) is 4.53. The number of ether oxygens (including phenoxy) is 1. The molecule has 4 nitrogen and oxygen atoms in total. The molecule has 0 aliphatic heterocycles. The topological polar surface area (TPSA) is 50.4 Å². The average Bonchev–Trinajstić information content (AvgIpc) is 2.59. The molecule has 0 heterocycles. The first-order chi connectivity index (χ1) is 12.1. The lowest BCUT2D eigenvalue weighted by Crippen LogP contribution is -2.52. The van der Waals surface area contributed by atoms with E-state index in [0.717, 1.165) is 24.0 Å². The van der Waals surface area contributed by atoms with Crippen molar-refractivity contribution in [1.29, 1.82) is 0 Å². The van der Waals surface area contributed by atoms with Gasteiger partial charge in [-0.25, -0.2) is 9.18 Å². The van der Waals surface area contributed by atoms with Crippen LogP contribution in [-0.4, -0.2) is 18.2 Å². The number of hydrogen-bond acceptors (Lipinski definition) is 3. The first-order valence-electron chi connectivity index (χ1n) is 8.59. The molecule has 2 aromatic carbocycles. The zero-order valence-electron chi connectivity index (χ0n) is 14.2. The molecule has 2 aromatic rings. The van der Waals surface area contributed by atoms with Crippen LogP contribution >= 0.6 is 0 Å². The van der Waals surface area contributed by atoms with Crippen LogP contribution in [0.1, 0.15) is 36.9 Å². The minimum atomic E-state index is -0.376. The number of halogens is 1. The van der Waals surface area contributed by atoms with Gasteiger partial charge < -0.3 is 15.4 Å². The van der Waals surface area contributed by atoms with Gasteiger partial charge in [0.05, 0.1) is 0 Å². The fourth-order valence-corrected chi connectivity index (χ4v) is 3.00. The first kappa shape index (κ1) is 17.4. The predicted molar refractivity (Wildman–Crippen MR) is 94.5 cm³/mol. The van der Waals surface area contributed by atoms with Crippen LogP contribution in [0.5, 0.6) is 0 Å². The third-order valence-electron chi connectivity index (χ3n) is 4.53. The van der Waals surface area contributed by atoms with Gasteiger partial charge >= 0.3 is 6.09 Å². The molecule has 1 unspecified atom stereocenters. The zero-order chi connectivity index (χ0) is 17.6. The van der Waals surface area contributed by atoms with Crippen LogP contribution < -0.4 is 10.6 Å². The maximum Gasteiger partial charge on any atom is 0.407 e. The lowest BCUT2D eigenvalue weighted by atomic mass is 9.86. The molecule has 0 spiro atoms. The van der Waals surface area contributed by atoms with Crippen molar-refractivity contribution in [1.82, 2.24) is 10.6 Å². The SMILES string of the molecule is CC(NC1CC(NC(=O)OCc2ccccc2)C1)c1ccc(F)cc1. The van der Waals surface area contributed by atoms with Crippen LogP contribution in [0.4, 0.5) is 9.18 Å². The van der Waals surface area contributed by atoms with Crippen LogP contribution in [0.2, 0.25) is 0 Å². The second-order valence-electron chi connectivity index (χ2n) is 6.51. The van der Waals surface area contributed by atoms with E-state index in [4.69, 9.17) is 4.74 Å². The molecule has 0 bridgehead atoms. The van der Waals surface area contributed by atoms with Crippen LogP contribution in [0.3, 0.4) is 0 Å². The Kier molecular flexibility index (Phi) is 5.66. The van der Waals surface area contributed by atoms with Gasteiger partial charge in [0, 0.05) is 18.1 Å². The maximum absolute atomic E-state index is 13.0. The monoisotopic (exact) mass is 342 g/mol. The van der Waals surface area contributed by atoms with Gasteiger partial charge in [0.1, 0.15) is 12.4 Å². The quantitative estimate of drug-likeness (QED) is 0.836. The molecule has 0 radical (unpaired) electrons. The lowest BCUT2D eigenvalue weighted by molar-refractivity contribution is 0.124. The number of alkyl carbamates (subject to hydrolysis) is 1. The Hall–Kier alpha value is -2.40. The Bertz CT molecular complexity index is 685. The predicted octanol–water partition coefficient (Wildman–Crippen LogP) is 3.93. The molecule has 1 amide bonds. The maximum atomic E-state index is 13.0. The van der Waals surface area contributed by atoms with Gasteiger partial charge in [-0.05, 0) is 43.0 Å². The lowest BCUT2D eigenvalue weighted by Gasteiger charge is -2.38.